The van der Waals surface area contributed by atoms with Gasteiger partial charge in [0.1, 0.15) is 11.4 Å². The molecule has 1 atom stereocenters. The summed E-state index contributed by atoms with van der Waals surface area (Å²) in [6, 6.07) is 16.5. The van der Waals surface area contributed by atoms with Crippen molar-refractivity contribution in [3.8, 4) is 5.75 Å². The zero-order chi connectivity index (χ0) is 22.4. The summed E-state index contributed by atoms with van der Waals surface area (Å²) in [5.74, 6) is 1.79. The normalized spacial score (nSPS) is 19.2. The Bertz CT molecular complexity index is 949. The van der Waals surface area contributed by atoms with E-state index in [9.17, 15) is 4.79 Å². The highest BCUT2D eigenvalue weighted by molar-refractivity contribution is 5.88. The monoisotopic (exact) mass is 434 g/mol. The molecule has 6 nitrogen and oxygen atoms in total. The van der Waals surface area contributed by atoms with Crippen LogP contribution in [0.4, 0.5) is 5.69 Å². The third kappa shape index (κ3) is 5.42. The standard InChI is InChI=1S/C26H34N4O2/c1-3-27-25(28-17-14-20-10-12-21(13-11-20)29-19(2)31)30-23-18-26(15-6-7-16-26)32-24-9-5-4-8-22(23)24/h4-5,8-13,23H,3,6-7,14-18H2,1-2H3,(H,29,31)(H2,27,28,30). The fourth-order valence-corrected chi connectivity index (χ4v) is 4.81. The first-order valence-electron chi connectivity index (χ1n) is 11.8. The van der Waals surface area contributed by atoms with Crippen molar-refractivity contribution in [1.29, 1.82) is 0 Å². The molecule has 4 rings (SSSR count). The molecule has 0 bridgehead atoms. The quantitative estimate of drug-likeness (QED) is 0.460. The molecule has 6 heteroatoms. The van der Waals surface area contributed by atoms with Gasteiger partial charge in [0.2, 0.25) is 5.91 Å². The second kappa shape index (κ2) is 10.1. The summed E-state index contributed by atoms with van der Waals surface area (Å²) in [5.41, 5.74) is 3.18. The number of nitrogens with one attached hydrogen (secondary N) is 3. The van der Waals surface area contributed by atoms with Crippen LogP contribution in [0.1, 0.15) is 63.1 Å². The zero-order valence-electron chi connectivity index (χ0n) is 19.1. The van der Waals surface area contributed by atoms with Gasteiger partial charge in [0.15, 0.2) is 5.96 Å². The lowest BCUT2D eigenvalue weighted by atomic mass is 9.86. The van der Waals surface area contributed by atoms with Crippen LogP contribution in [-0.2, 0) is 11.2 Å². The van der Waals surface area contributed by atoms with E-state index in [2.05, 4.69) is 47.1 Å². The van der Waals surface area contributed by atoms with Crippen molar-refractivity contribution in [3.63, 3.8) is 0 Å². The molecule has 0 saturated heterocycles. The number of guanidine groups is 1. The molecule has 2 aromatic carbocycles. The molecule has 1 spiro atoms. The fraction of sp³-hybridized carbons (Fsp3) is 0.462. The number of rotatable bonds is 6. The molecular formula is C26H34N4O2. The van der Waals surface area contributed by atoms with Crippen LogP contribution < -0.4 is 20.7 Å². The molecule has 1 amide bonds. The van der Waals surface area contributed by atoms with Crippen LogP contribution in [0.5, 0.6) is 5.75 Å². The molecule has 1 unspecified atom stereocenters. The lowest BCUT2D eigenvalue weighted by Gasteiger charge is -2.40. The number of aliphatic imine (C=N–C) groups is 1. The van der Waals surface area contributed by atoms with Crippen molar-refractivity contribution >= 4 is 17.6 Å². The van der Waals surface area contributed by atoms with E-state index in [1.165, 1.54) is 30.9 Å². The third-order valence-corrected chi connectivity index (χ3v) is 6.31. The Balaban J connectivity index is 1.43. The maximum atomic E-state index is 11.2. The number of nitrogens with zero attached hydrogens (tertiary/aromatic N) is 1. The van der Waals surface area contributed by atoms with E-state index in [0.717, 1.165) is 49.6 Å². The molecule has 1 heterocycles. The van der Waals surface area contributed by atoms with Crippen molar-refractivity contribution < 1.29 is 9.53 Å². The molecule has 0 radical (unpaired) electrons. The number of ether oxygens (including phenoxy) is 1. The van der Waals surface area contributed by atoms with E-state index in [-0.39, 0.29) is 17.6 Å². The number of fused-ring (bicyclic) bond motifs is 1. The summed E-state index contributed by atoms with van der Waals surface area (Å²) in [4.78, 5) is 16.0. The van der Waals surface area contributed by atoms with E-state index in [4.69, 9.17) is 9.73 Å². The number of para-hydroxylation sites is 1. The van der Waals surface area contributed by atoms with Gasteiger partial charge in [-0.25, -0.2) is 0 Å². The highest BCUT2D eigenvalue weighted by atomic mass is 16.5. The Morgan fingerprint density at radius 1 is 1.12 bits per heavy atom. The van der Waals surface area contributed by atoms with Gasteiger partial charge >= 0.3 is 0 Å². The summed E-state index contributed by atoms with van der Waals surface area (Å²) in [5, 5.41) is 9.90. The lowest BCUT2D eigenvalue weighted by molar-refractivity contribution is -0.114. The number of anilines is 1. The summed E-state index contributed by atoms with van der Waals surface area (Å²) in [7, 11) is 0. The number of carbonyl (C=O) groups excluding carboxylic acids is 1. The van der Waals surface area contributed by atoms with Crippen molar-refractivity contribution in [2.45, 2.75) is 64.0 Å². The van der Waals surface area contributed by atoms with Crippen molar-refractivity contribution in [3.05, 3.63) is 59.7 Å². The van der Waals surface area contributed by atoms with E-state index < -0.39 is 0 Å². The molecule has 32 heavy (non-hydrogen) atoms. The Kier molecular flexibility index (Phi) is 6.98. The maximum Gasteiger partial charge on any atom is 0.221 e. The molecule has 1 aliphatic carbocycles. The summed E-state index contributed by atoms with van der Waals surface area (Å²) < 4.78 is 6.50. The number of hydrogen-bond donors (Lipinski definition) is 3. The first-order chi connectivity index (χ1) is 15.6. The van der Waals surface area contributed by atoms with Gasteiger partial charge in [0.05, 0.1) is 6.04 Å². The van der Waals surface area contributed by atoms with Crippen LogP contribution in [0.25, 0.3) is 0 Å². The summed E-state index contributed by atoms with van der Waals surface area (Å²) in [6.07, 6.45) is 6.54. The smallest absolute Gasteiger partial charge is 0.221 e. The van der Waals surface area contributed by atoms with E-state index in [0.29, 0.717) is 6.54 Å². The number of amides is 1. The van der Waals surface area contributed by atoms with Gasteiger partial charge in [-0.2, -0.15) is 0 Å². The predicted octanol–water partition coefficient (Wildman–Crippen LogP) is 4.58. The van der Waals surface area contributed by atoms with Crippen LogP contribution in [0, 0.1) is 0 Å². The van der Waals surface area contributed by atoms with Crippen LogP contribution in [0.3, 0.4) is 0 Å². The Labute approximate surface area is 190 Å². The van der Waals surface area contributed by atoms with Crippen LogP contribution >= 0.6 is 0 Å². The zero-order valence-corrected chi connectivity index (χ0v) is 19.1. The van der Waals surface area contributed by atoms with Crippen molar-refractivity contribution in [2.75, 3.05) is 18.4 Å². The van der Waals surface area contributed by atoms with E-state index >= 15 is 0 Å². The number of hydrogen-bond acceptors (Lipinski definition) is 3. The first-order valence-corrected chi connectivity index (χ1v) is 11.8. The molecule has 2 aromatic rings. The van der Waals surface area contributed by atoms with Gasteiger partial charge in [-0.05, 0) is 62.8 Å². The van der Waals surface area contributed by atoms with Crippen molar-refractivity contribution in [2.24, 2.45) is 4.99 Å². The molecule has 2 aliphatic rings. The maximum absolute atomic E-state index is 11.2. The Morgan fingerprint density at radius 2 is 1.88 bits per heavy atom. The largest absolute Gasteiger partial charge is 0.487 e. The highest BCUT2D eigenvalue weighted by Gasteiger charge is 2.43. The van der Waals surface area contributed by atoms with Crippen molar-refractivity contribution in [1.82, 2.24) is 10.6 Å². The van der Waals surface area contributed by atoms with Gasteiger partial charge < -0.3 is 20.7 Å². The summed E-state index contributed by atoms with van der Waals surface area (Å²) in [6.45, 7) is 5.11. The Hall–Kier alpha value is -3.02. The predicted molar refractivity (Wildman–Crippen MR) is 129 cm³/mol. The minimum absolute atomic E-state index is 0.0427. The van der Waals surface area contributed by atoms with Gasteiger partial charge in [-0.3, -0.25) is 9.79 Å². The van der Waals surface area contributed by atoms with E-state index in [1.807, 2.05) is 24.3 Å². The second-order valence-electron chi connectivity index (χ2n) is 8.82. The van der Waals surface area contributed by atoms with Gasteiger partial charge in [-0.15, -0.1) is 0 Å². The number of benzene rings is 2. The minimum Gasteiger partial charge on any atom is -0.487 e. The molecule has 1 fully saturated rings. The number of carbonyl (C=O) groups is 1. The molecule has 0 aromatic heterocycles. The SMILES string of the molecule is CCNC(=NCCc1ccc(NC(C)=O)cc1)NC1CC2(CCCC2)Oc2ccccc21. The molecule has 1 aliphatic heterocycles. The fourth-order valence-electron chi connectivity index (χ4n) is 4.81. The average molecular weight is 435 g/mol. The van der Waals surface area contributed by atoms with Crippen LogP contribution in [0.15, 0.2) is 53.5 Å². The molecule has 170 valence electrons. The van der Waals surface area contributed by atoms with Gasteiger partial charge in [-0.1, -0.05) is 30.3 Å². The minimum atomic E-state index is -0.0576. The molecule has 1 saturated carbocycles. The molecule has 3 N–H and O–H groups in total. The molecular weight excluding hydrogens is 400 g/mol. The average Bonchev–Trinajstić information content (AvgIpc) is 3.22. The van der Waals surface area contributed by atoms with Gasteiger partial charge in [0.25, 0.3) is 0 Å². The third-order valence-electron chi connectivity index (χ3n) is 6.31. The Morgan fingerprint density at radius 3 is 2.59 bits per heavy atom. The van der Waals surface area contributed by atoms with Crippen LogP contribution in [0.2, 0.25) is 0 Å². The van der Waals surface area contributed by atoms with Crippen LogP contribution in [-0.4, -0.2) is 30.6 Å². The first kappa shape index (κ1) is 22.2. The second-order valence-corrected chi connectivity index (χ2v) is 8.82. The topological polar surface area (TPSA) is 74.8 Å². The lowest BCUT2D eigenvalue weighted by Crippen LogP contribution is -2.46. The highest BCUT2D eigenvalue weighted by Crippen LogP contribution is 2.46. The van der Waals surface area contributed by atoms with Gasteiger partial charge in [0, 0.05) is 37.7 Å². The van der Waals surface area contributed by atoms with E-state index in [1.54, 1.807) is 0 Å². The summed E-state index contributed by atoms with van der Waals surface area (Å²) >= 11 is 0.